The molecule has 1 fully saturated rings. The van der Waals surface area contributed by atoms with E-state index in [1.54, 1.807) is 6.20 Å². The molecule has 0 atom stereocenters. The van der Waals surface area contributed by atoms with E-state index >= 15 is 0 Å². The van der Waals surface area contributed by atoms with Gasteiger partial charge in [-0.2, -0.15) is 0 Å². The van der Waals surface area contributed by atoms with E-state index in [0.717, 1.165) is 29.1 Å². The molecule has 0 saturated heterocycles. The largest absolute Gasteiger partial charge is 0.353 e. The highest BCUT2D eigenvalue weighted by Gasteiger charge is 2.15. The van der Waals surface area contributed by atoms with E-state index in [4.69, 9.17) is 0 Å². The molecule has 25 heavy (non-hydrogen) atoms. The Kier molecular flexibility index (Phi) is 3.36. The van der Waals surface area contributed by atoms with Crippen LogP contribution in [0.2, 0.25) is 0 Å². The molecule has 0 radical (unpaired) electrons. The van der Waals surface area contributed by atoms with Gasteiger partial charge in [-0.05, 0) is 24.8 Å². The molecular weight excluding hydrogens is 314 g/mol. The van der Waals surface area contributed by atoms with Crippen LogP contribution in [0.5, 0.6) is 0 Å². The van der Waals surface area contributed by atoms with E-state index < -0.39 is 0 Å². The number of rotatable bonds is 4. The van der Waals surface area contributed by atoms with Crippen LogP contribution in [-0.2, 0) is 0 Å². The highest BCUT2D eigenvalue weighted by Crippen LogP contribution is 2.26. The summed E-state index contributed by atoms with van der Waals surface area (Å²) in [6, 6.07) is 2.05. The molecule has 4 aromatic rings. The van der Waals surface area contributed by atoms with Gasteiger partial charge in [-0.25, -0.2) is 19.5 Å². The van der Waals surface area contributed by atoms with E-state index in [1.807, 2.05) is 46.0 Å². The molecule has 0 spiro atoms. The zero-order valence-corrected chi connectivity index (χ0v) is 13.8. The Balaban J connectivity index is 1.44. The number of nitrogens with one attached hydrogen (secondary N) is 1. The molecule has 126 valence electrons. The fourth-order valence-electron chi connectivity index (χ4n) is 3.63. The van der Waals surface area contributed by atoms with Crippen molar-refractivity contribution in [2.24, 2.45) is 5.92 Å². The minimum Gasteiger partial charge on any atom is -0.353 e. The molecule has 1 aliphatic rings. The quantitative estimate of drug-likeness (QED) is 0.621. The first-order chi connectivity index (χ1) is 12.4. The van der Waals surface area contributed by atoms with Crippen molar-refractivity contribution in [1.29, 1.82) is 0 Å². The predicted octanol–water partition coefficient (Wildman–Crippen LogP) is 3.04. The van der Waals surface area contributed by atoms with Crippen molar-refractivity contribution in [2.75, 3.05) is 11.9 Å². The van der Waals surface area contributed by atoms with Crippen LogP contribution in [0.4, 0.5) is 5.95 Å². The third kappa shape index (κ3) is 2.61. The Bertz CT molecular complexity index is 1030. The van der Waals surface area contributed by atoms with Crippen LogP contribution in [0, 0.1) is 5.92 Å². The minimum atomic E-state index is 0.685. The first-order valence-electron chi connectivity index (χ1n) is 8.74. The molecule has 1 aliphatic carbocycles. The lowest BCUT2D eigenvalue weighted by atomic mass is 10.1. The molecule has 5 rings (SSSR count). The van der Waals surface area contributed by atoms with Crippen molar-refractivity contribution in [1.82, 2.24) is 29.0 Å². The van der Waals surface area contributed by atoms with E-state index in [2.05, 4.69) is 25.4 Å². The summed E-state index contributed by atoms with van der Waals surface area (Å²) in [7, 11) is 0. The molecule has 0 aliphatic heterocycles. The molecule has 1 saturated carbocycles. The van der Waals surface area contributed by atoms with Crippen LogP contribution in [0.1, 0.15) is 25.7 Å². The standard InChI is InChI=1S/C18H19N7/c1-2-4-13(3-1)9-20-17-21-11-16-15(5-7-25(16)23-17)14-10-22-18-19-6-8-24(18)12-14/h5-8,10-13H,1-4,9H2,(H,20,23). The average Bonchev–Trinajstić information content (AvgIpc) is 3.38. The van der Waals surface area contributed by atoms with Crippen molar-refractivity contribution < 1.29 is 0 Å². The van der Waals surface area contributed by atoms with Gasteiger partial charge in [-0.1, -0.05) is 12.8 Å². The summed E-state index contributed by atoms with van der Waals surface area (Å²) >= 11 is 0. The molecule has 0 unspecified atom stereocenters. The molecule has 4 aromatic heterocycles. The van der Waals surface area contributed by atoms with Gasteiger partial charge < -0.3 is 5.32 Å². The summed E-state index contributed by atoms with van der Waals surface area (Å²) in [6.07, 6.45) is 16.7. The monoisotopic (exact) mass is 333 g/mol. The third-order valence-electron chi connectivity index (χ3n) is 5.00. The number of hydrogen-bond donors (Lipinski definition) is 1. The molecule has 0 bridgehead atoms. The Morgan fingerprint density at radius 1 is 1.08 bits per heavy atom. The lowest BCUT2D eigenvalue weighted by Crippen LogP contribution is -2.13. The zero-order valence-electron chi connectivity index (χ0n) is 13.8. The summed E-state index contributed by atoms with van der Waals surface area (Å²) in [5.41, 5.74) is 3.04. The Morgan fingerprint density at radius 3 is 2.92 bits per heavy atom. The first-order valence-corrected chi connectivity index (χ1v) is 8.74. The number of anilines is 1. The summed E-state index contributed by atoms with van der Waals surface area (Å²) in [6.45, 7) is 0.959. The van der Waals surface area contributed by atoms with Gasteiger partial charge in [0, 0.05) is 48.7 Å². The Morgan fingerprint density at radius 2 is 2.00 bits per heavy atom. The maximum absolute atomic E-state index is 4.59. The van der Waals surface area contributed by atoms with Gasteiger partial charge >= 0.3 is 0 Å². The maximum atomic E-state index is 4.59. The first kappa shape index (κ1) is 14.4. The third-order valence-corrected chi connectivity index (χ3v) is 5.00. The van der Waals surface area contributed by atoms with Crippen molar-refractivity contribution in [2.45, 2.75) is 25.7 Å². The van der Waals surface area contributed by atoms with E-state index in [-0.39, 0.29) is 0 Å². The van der Waals surface area contributed by atoms with Crippen molar-refractivity contribution >= 4 is 17.2 Å². The van der Waals surface area contributed by atoms with Crippen molar-refractivity contribution in [3.63, 3.8) is 0 Å². The van der Waals surface area contributed by atoms with Gasteiger partial charge in [0.2, 0.25) is 11.7 Å². The van der Waals surface area contributed by atoms with Crippen LogP contribution in [0.15, 0.2) is 43.2 Å². The number of aromatic nitrogens is 6. The predicted molar refractivity (Wildman–Crippen MR) is 95.4 cm³/mol. The summed E-state index contributed by atoms with van der Waals surface area (Å²) in [4.78, 5) is 13.1. The van der Waals surface area contributed by atoms with Crippen LogP contribution < -0.4 is 5.32 Å². The van der Waals surface area contributed by atoms with Crippen molar-refractivity contribution in [3.8, 4) is 11.1 Å². The second-order valence-electron chi connectivity index (χ2n) is 6.65. The second-order valence-corrected chi connectivity index (χ2v) is 6.65. The van der Waals surface area contributed by atoms with E-state index in [1.165, 1.54) is 25.7 Å². The number of hydrogen-bond acceptors (Lipinski definition) is 5. The van der Waals surface area contributed by atoms with Crippen LogP contribution >= 0.6 is 0 Å². The smallest absolute Gasteiger partial charge is 0.241 e. The number of fused-ring (bicyclic) bond motifs is 2. The summed E-state index contributed by atoms with van der Waals surface area (Å²) in [5.74, 6) is 2.14. The lowest BCUT2D eigenvalue weighted by molar-refractivity contribution is 0.576. The maximum Gasteiger partial charge on any atom is 0.241 e. The average molecular weight is 333 g/mol. The van der Waals surface area contributed by atoms with E-state index in [0.29, 0.717) is 11.7 Å². The summed E-state index contributed by atoms with van der Waals surface area (Å²) in [5, 5.41) is 7.97. The fraction of sp³-hybridized carbons (Fsp3) is 0.333. The Labute approximate surface area is 144 Å². The van der Waals surface area contributed by atoms with Crippen molar-refractivity contribution in [3.05, 3.63) is 43.2 Å². The zero-order chi connectivity index (χ0) is 16.6. The molecule has 7 heteroatoms. The number of nitrogens with zero attached hydrogens (tertiary/aromatic N) is 6. The van der Waals surface area contributed by atoms with E-state index in [9.17, 15) is 0 Å². The molecule has 4 heterocycles. The normalized spacial score (nSPS) is 15.4. The van der Waals surface area contributed by atoms with Gasteiger partial charge in [0.1, 0.15) is 0 Å². The molecule has 1 N–H and O–H groups in total. The molecular formula is C18H19N7. The second kappa shape index (κ2) is 5.84. The molecule has 0 amide bonds. The van der Waals surface area contributed by atoms with Crippen LogP contribution in [0.25, 0.3) is 22.4 Å². The van der Waals surface area contributed by atoms with Crippen LogP contribution in [-0.4, -0.2) is 35.5 Å². The highest BCUT2D eigenvalue weighted by atomic mass is 15.3. The van der Waals surface area contributed by atoms with Gasteiger partial charge in [-0.15, -0.1) is 5.10 Å². The number of imidazole rings is 1. The lowest BCUT2D eigenvalue weighted by Gasteiger charge is -2.10. The minimum absolute atomic E-state index is 0.685. The molecule has 0 aromatic carbocycles. The SMILES string of the molecule is c1cn2cc(-c3ccn4nc(NCC5CCCC5)ncc34)cnc2n1. The van der Waals surface area contributed by atoms with Gasteiger partial charge in [0.15, 0.2) is 0 Å². The van der Waals surface area contributed by atoms with Gasteiger partial charge in [0.05, 0.1) is 11.7 Å². The van der Waals surface area contributed by atoms with Gasteiger partial charge in [-0.3, -0.25) is 4.40 Å². The fourth-order valence-corrected chi connectivity index (χ4v) is 3.63. The van der Waals surface area contributed by atoms with Crippen LogP contribution in [0.3, 0.4) is 0 Å². The Hall–Kier alpha value is -2.96. The topological polar surface area (TPSA) is 72.4 Å². The highest BCUT2D eigenvalue weighted by molar-refractivity contribution is 5.79. The summed E-state index contributed by atoms with van der Waals surface area (Å²) < 4.78 is 3.79. The molecule has 7 nitrogen and oxygen atoms in total. The van der Waals surface area contributed by atoms with Gasteiger partial charge in [0.25, 0.3) is 0 Å².